The van der Waals surface area contributed by atoms with Gasteiger partial charge in [0.2, 0.25) is 11.8 Å². The molecule has 1 aromatic rings. The van der Waals surface area contributed by atoms with Crippen LogP contribution in [0.2, 0.25) is 0 Å². The lowest BCUT2D eigenvalue weighted by Gasteiger charge is -2.17. The molecule has 18 heavy (non-hydrogen) atoms. The number of carbonyl (C=O) groups is 2. The van der Waals surface area contributed by atoms with Gasteiger partial charge < -0.3 is 16.4 Å². The van der Waals surface area contributed by atoms with Crippen LogP contribution >= 0.6 is 15.9 Å². The highest BCUT2D eigenvalue weighted by molar-refractivity contribution is 9.10. The molecule has 0 atom stereocenters. The third-order valence-electron chi connectivity index (χ3n) is 2.12. The Balaban J connectivity index is 2.43. The van der Waals surface area contributed by atoms with Crippen LogP contribution in [-0.4, -0.2) is 23.9 Å². The van der Waals surface area contributed by atoms with Crippen LogP contribution in [0.3, 0.4) is 0 Å². The van der Waals surface area contributed by atoms with Crippen LogP contribution in [0, 0.1) is 0 Å². The van der Waals surface area contributed by atoms with Crippen LogP contribution in [0.25, 0.3) is 0 Å². The number of rotatable bonds is 4. The molecule has 0 aliphatic rings. The van der Waals surface area contributed by atoms with Crippen LogP contribution in [0.4, 0.5) is 5.69 Å². The van der Waals surface area contributed by atoms with Crippen LogP contribution in [0.1, 0.15) is 13.8 Å². The Bertz CT molecular complexity index is 438. The van der Waals surface area contributed by atoms with Crippen molar-refractivity contribution in [1.82, 2.24) is 5.32 Å². The molecule has 5 nitrogen and oxygen atoms in total. The van der Waals surface area contributed by atoms with E-state index in [9.17, 15) is 9.59 Å². The van der Waals surface area contributed by atoms with Gasteiger partial charge in [-0.15, -0.1) is 0 Å². The molecule has 0 bridgehead atoms. The lowest BCUT2D eigenvalue weighted by atomic mass is 10.1. The summed E-state index contributed by atoms with van der Waals surface area (Å²) in [6.07, 6.45) is 0. The standard InChI is InChI=1S/C12H16BrN3O2/c1-12(2,14)11(18)15-7-10(17)16-9-5-3-8(13)4-6-9/h3-6H,7,14H2,1-2H3,(H,15,18)(H,16,17). The number of benzene rings is 1. The Morgan fingerprint density at radius 1 is 1.28 bits per heavy atom. The molecule has 0 fully saturated rings. The van der Waals surface area contributed by atoms with Crippen molar-refractivity contribution in [3.63, 3.8) is 0 Å². The second kappa shape index (κ2) is 5.97. The number of nitrogens with two attached hydrogens (primary N) is 1. The summed E-state index contributed by atoms with van der Waals surface area (Å²) in [5.41, 5.74) is 5.27. The number of hydrogen-bond donors (Lipinski definition) is 3. The Labute approximate surface area is 114 Å². The molecule has 6 heteroatoms. The first-order valence-corrected chi connectivity index (χ1v) is 6.21. The summed E-state index contributed by atoms with van der Waals surface area (Å²) in [4.78, 5) is 23.0. The van der Waals surface area contributed by atoms with E-state index in [1.54, 1.807) is 26.0 Å². The average molecular weight is 314 g/mol. The van der Waals surface area contributed by atoms with Gasteiger partial charge in [0.15, 0.2) is 0 Å². The van der Waals surface area contributed by atoms with Crippen molar-refractivity contribution in [2.45, 2.75) is 19.4 Å². The minimum atomic E-state index is -0.988. The zero-order chi connectivity index (χ0) is 13.8. The molecule has 0 aliphatic heterocycles. The fourth-order valence-electron chi connectivity index (χ4n) is 1.13. The Kier molecular flexibility index (Phi) is 4.86. The maximum Gasteiger partial charge on any atom is 0.243 e. The van der Waals surface area contributed by atoms with Gasteiger partial charge in [0.25, 0.3) is 0 Å². The van der Waals surface area contributed by atoms with E-state index < -0.39 is 5.54 Å². The lowest BCUT2D eigenvalue weighted by molar-refractivity contribution is -0.127. The molecular weight excluding hydrogens is 298 g/mol. The summed E-state index contributed by atoms with van der Waals surface area (Å²) < 4.78 is 0.929. The Morgan fingerprint density at radius 2 is 1.83 bits per heavy atom. The maximum absolute atomic E-state index is 11.6. The molecule has 4 N–H and O–H groups in total. The first-order valence-electron chi connectivity index (χ1n) is 5.41. The van der Waals surface area contributed by atoms with Gasteiger partial charge in [-0.3, -0.25) is 9.59 Å². The summed E-state index contributed by atoms with van der Waals surface area (Å²) >= 11 is 3.30. The Hall–Kier alpha value is -1.40. The summed E-state index contributed by atoms with van der Waals surface area (Å²) in [5.74, 6) is -0.664. The maximum atomic E-state index is 11.6. The highest BCUT2D eigenvalue weighted by Crippen LogP contribution is 2.13. The number of carbonyl (C=O) groups excluding carboxylic acids is 2. The van der Waals surface area contributed by atoms with E-state index in [2.05, 4.69) is 26.6 Å². The van der Waals surface area contributed by atoms with Crippen molar-refractivity contribution in [3.8, 4) is 0 Å². The van der Waals surface area contributed by atoms with E-state index in [-0.39, 0.29) is 18.4 Å². The molecule has 0 heterocycles. The molecule has 1 rings (SSSR count). The Morgan fingerprint density at radius 3 is 2.33 bits per heavy atom. The van der Waals surface area contributed by atoms with Gasteiger partial charge in [-0.25, -0.2) is 0 Å². The summed E-state index contributed by atoms with van der Waals surface area (Å²) in [7, 11) is 0. The fourth-order valence-corrected chi connectivity index (χ4v) is 1.39. The third kappa shape index (κ3) is 4.85. The van der Waals surface area contributed by atoms with E-state index in [4.69, 9.17) is 5.73 Å². The summed E-state index contributed by atoms with van der Waals surface area (Å²) in [5, 5.41) is 5.13. The number of hydrogen-bond acceptors (Lipinski definition) is 3. The number of amides is 2. The van der Waals surface area contributed by atoms with Gasteiger partial charge in [0.05, 0.1) is 12.1 Å². The highest BCUT2D eigenvalue weighted by Gasteiger charge is 2.21. The molecule has 1 aromatic carbocycles. The number of nitrogens with one attached hydrogen (secondary N) is 2. The van der Waals surface area contributed by atoms with E-state index in [1.165, 1.54) is 0 Å². The molecule has 0 saturated heterocycles. The van der Waals surface area contributed by atoms with Crippen LogP contribution in [-0.2, 0) is 9.59 Å². The van der Waals surface area contributed by atoms with Crippen LogP contribution in [0.15, 0.2) is 28.7 Å². The zero-order valence-corrected chi connectivity index (χ0v) is 11.9. The van der Waals surface area contributed by atoms with Crippen molar-refractivity contribution >= 4 is 33.4 Å². The van der Waals surface area contributed by atoms with Gasteiger partial charge in [-0.2, -0.15) is 0 Å². The second-order valence-electron chi connectivity index (χ2n) is 4.46. The largest absolute Gasteiger partial charge is 0.345 e. The molecule has 2 amide bonds. The van der Waals surface area contributed by atoms with Gasteiger partial charge in [0, 0.05) is 10.2 Å². The van der Waals surface area contributed by atoms with E-state index in [1.807, 2.05) is 12.1 Å². The molecule has 0 saturated carbocycles. The van der Waals surface area contributed by atoms with Gasteiger partial charge in [-0.05, 0) is 38.1 Å². The minimum absolute atomic E-state index is 0.102. The van der Waals surface area contributed by atoms with E-state index in [0.717, 1.165) is 4.47 Å². The molecule has 0 spiro atoms. The van der Waals surface area contributed by atoms with Crippen molar-refractivity contribution in [2.75, 3.05) is 11.9 Å². The van der Waals surface area contributed by atoms with Crippen LogP contribution < -0.4 is 16.4 Å². The predicted octanol–water partition coefficient (Wildman–Crippen LogP) is 1.24. The van der Waals surface area contributed by atoms with Crippen molar-refractivity contribution < 1.29 is 9.59 Å². The van der Waals surface area contributed by atoms with E-state index in [0.29, 0.717) is 5.69 Å². The first-order chi connectivity index (χ1) is 8.29. The lowest BCUT2D eigenvalue weighted by Crippen LogP contribution is -2.50. The molecule has 0 aliphatic carbocycles. The van der Waals surface area contributed by atoms with Crippen molar-refractivity contribution in [3.05, 3.63) is 28.7 Å². The summed E-state index contributed by atoms with van der Waals surface area (Å²) in [6.45, 7) is 3.06. The SMILES string of the molecule is CC(C)(N)C(=O)NCC(=O)Nc1ccc(Br)cc1. The van der Waals surface area contributed by atoms with Crippen LogP contribution in [0.5, 0.6) is 0 Å². The summed E-state index contributed by atoms with van der Waals surface area (Å²) in [6, 6.07) is 7.15. The quantitative estimate of drug-likeness (QED) is 0.782. The molecule has 0 unspecified atom stereocenters. The zero-order valence-electron chi connectivity index (χ0n) is 10.3. The van der Waals surface area contributed by atoms with Crippen molar-refractivity contribution in [2.24, 2.45) is 5.73 Å². The van der Waals surface area contributed by atoms with Gasteiger partial charge >= 0.3 is 0 Å². The minimum Gasteiger partial charge on any atom is -0.345 e. The predicted molar refractivity (Wildman–Crippen MR) is 74.0 cm³/mol. The molecular formula is C12H16BrN3O2. The fraction of sp³-hybridized carbons (Fsp3) is 0.333. The topological polar surface area (TPSA) is 84.2 Å². The average Bonchev–Trinajstić information content (AvgIpc) is 2.28. The normalized spacial score (nSPS) is 10.9. The van der Waals surface area contributed by atoms with E-state index >= 15 is 0 Å². The van der Waals surface area contributed by atoms with Crippen molar-refractivity contribution in [1.29, 1.82) is 0 Å². The van der Waals surface area contributed by atoms with Gasteiger partial charge in [-0.1, -0.05) is 15.9 Å². The molecule has 98 valence electrons. The van der Waals surface area contributed by atoms with Gasteiger partial charge in [0.1, 0.15) is 0 Å². The number of anilines is 1. The third-order valence-corrected chi connectivity index (χ3v) is 2.65. The monoisotopic (exact) mass is 313 g/mol. The second-order valence-corrected chi connectivity index (χ2v) is 5.38. The number of halogens is 1. The first kappa shape index (κ1) is 14.7. The molecule has 0 aromatic heterocycles. The smallest absolute Gasteiger partial charge is 0.243 e. The molecule has 0 radical (unpaired) electrons. The highest BCUT2D eigenvalue weighted by atomic mass is 79.9.